The second kappa shape index (κ2) is 8.63. The minimum Gasteiger partial charge on any atom is -0.483 e. The van der Waals surface area contributed by atoms with Crippen LogP contribution in [-0.2, 0) is 16.0 Å². The Morgan fingerprint density at radius 1 is 1.11 bits per heavy atom. The van der Waals surface area contributed by atoms with Crippen LogP contribution in [-0.4, -0.2) is 36.7 Å². The zero-order valence-electron chi connectivity index (χ0n) is 14.9. The summed E-state index contributed by atoms with van der Waals surface area (Å²) in [4.78, 5) is 25.0. The van der Waals surface area contributed by atoms with Crippen molar-refractivity contribution < 1.29 is 14.7 Å². The van der Waals surface area contributed by atoms with E-state index < -0.39 is 11.9 Å². The summed E-state index contributed by atoms with van der Waals surface area (Å²) in [7, 11) is 0. The number of pyridine rings is 1. The van der Waals surface area contributed by atoms with Crippen LogP contribution in [0.15, 0.2) is 73.2 Å². The molecular weight excluding hydrogens is 358 g/mol. The summed E-state index contributed by atoms with van der Waals surface area (Å²) < 4.78 is 3.63. The number of carbonyl (C=O) groups excluding carboxylic acids is 1. The predicted molar refractivity (Wildman–Crippen MR) is 103 cm³/mol. The number of nitrogens with zero attached hydrogens (tertiary/aromatic N) is 4. The quantitative estimate of drug-likeness (QED) is 0.517. The topological polar surface area (TPSA) is 116 Å². The lowest BCUT2D eigenvalue weighted by atomic mass is 10.1. The largest absolute Gasteiger partial charge is 0.483 e. The van der Waals surface area contributed by atoms with E-state index in [9.17, 15) is 4.79 Å². The number of benzene rings is 1. The van der Waals surface area contributed by atoms with Crippen molar-refractivity contribution in [3.8, 4) is 11.5 Å². The molecule has 3 heterocycles. The molecule has 0 aliphatic carbocycles. The maximum atomic E-state index is 12.2. The SMILES string of the molecule is NC(=O)[C@H](Cc1ccccc1)n1ccnc1-c1cccc2ccnn12.O=CO. The van der Waals surface area contributed by atoms with Crippen LogP contribution in [0.4, 0.5) is 0 Å². The van der Waals surface area contributed by atoms with E-state index in [2.05, 4.69) is 10.1 Å². The molecule has 3 aromatic heterocycles. The van der Waals surface area contributed by atoms with Gasteiger partial charge in [-0.25, -0.2) is 9.50 Å². The van der Waals surface area contributed by atoms with Crippen LogP contribution in [0.5, 0.6) is 0 Å². The highest BCUT2D eigenvalue weighted by molar-refractivity contribution is 5.79. The van der Waals surface area contributed by atoms with Crippen molar-refractivity contribution in [3.05, 3.63) is 78.8 Å². The molecule has 0 bridgehead atoms. The predicted octanol–water partition coefficient (Wildman–Crippen LogP) is 2.17. The fourth-order valence-electron chi connectivity index (χ4n) is 3.06. The first kappa shape index (κ1) is 18.8. The third-order valence-electron chi connectivity index (χ3n) is 4.26. The van der Waals surface area contributed by atoms with Crippen LogP contribution in [0.3, 0.4) is 0 Å². The van der Waals surface area contributed by atoms with E-state index in [-0.39, 0.29) is 6.47 Å². The summed E-state index contributed by atoms with van der Waals surface area (Å²) in [5.41, 5.74) is 8.53. The normalized spacial score (nSPS) is 11.4. The molecule has 142 valence electrons. The first-order chi connectivity index (χ1) is 13.7. The summed E-state index contributed by atoms with van der Waals surface area (Å²) in [6, 6.07) is 17.1. The van der Waals surface area contributed by atoms with E-state index in [1.165, 1.54) is 0 Å². The number of fused-ring (bicyclic) bond motifs is 1. The Morgan fingerprint density at radius 2 is 1.86 bits per heavy atom. The number of carboxylic acid groups (broad SMARTS) is 1. The molecule has 0 unspecified atom stereocenters. The van der Waals surface area contributed by atoms with Crippen LogP contribution < -0.4 is 5.73 Å². The fraction of sp³-hybridized carbons (Fsp3) is 0.100. The molecule has 0 aliphatic rings. The number of carbonyl (C=O) groups is 2. The molecule has 0 radical (unpaired) electrons. The van der Waals surface area contributed by atoms with E-state index in [0.717, 1.165) is 16.8 Å². The Balaban J connectivity index is 0.000000706. The van der Waals surface area contributed by atoms with Gasteiger partial charge in [-0.2, -0.15) is 5.10 Å². The highest BCUT2D eigenvalue weighted by Crippen LogP contribution is 2.24. The van der Waals surface area contributed by atoms with Gasteiger partial charge in [0, 0.05) is 18.8 Å². The van der Waals surface area contributed by atoms with Crippen molar-refractivity contribution in [2.75, 3.05) is 0 Å². The Labute approximate surface area is 160 Å². The van der Waals surface area contributed by atoms with Crippen LogP contribution in [0.1, 0.15) is 11.6 Å². The van der Waals surface area contributed by atoms with Gasteiger partial charge in [0.15, 0.2) is 5.82 Å². The third kappa shape index (κ3) is 3.90. The molecule has 8 nitrogen and oxygen atoms in total. The van der Waals surface area contributed by atoms with E-state index in [1.54, 1.807) is 23.1 Å². The first-order valence-electron chi connectivity index (χ1n) is 8.52. The van der Waals surface area contributed by atoms with Gasteiger partial charge in [-0.3, -0.25) is 9.59 Å². The Hall–Kier alpha value is -3.94. The van der Waals surface area contributed by atoms with Crippen LogP contribution in [0.25, 0.3) is 17.0 Å². The van der Waals surface area contributed by atoms with Gasteiger partial charge >= 0.3 is 0 Å². The van der Waals surface area contributed by atoms with Crippen LogP contribution in [0.2, 0.25) is 0 Å². The minimum absolute atomic E-state index is 0.250. The third-order valence-corrected chi connectivity index (χ3v) is 4.26. The van der Waals surface area contributed by atoms with E-state index in [1.807, 2.05) is 59.2 Å². The summed E-state index contributed by atoms with van der Waals surface area (Å²) in [5.74, 6) is 0.268. The number of aromatic nitrogens is 4. The van der Waals surface area contributed by atoms with E-state index in [0.29, 0.717) is 12.2 Å². The minimum atomic E-state index is -0.522. The van der Waals surface area contributed by atoms with Crippen LogP contribution >= 0.6 is 0 Å². The second-order valence-corrected chi connectivity index (χ2v) is 5.95. The molecule has 28 heavy (non-hydrogen) atoms. The monoisotopic (exact) mass is 377 g/mol. The van der Waals surface area contributed by atoms with Gasteiger partial charge in [0.05, 0.1) is 11.7 Å². The van der Waals surface area contributed by atoms with Crippen LogP contribution in [0, 0.1) is 0 Å². The number of nitrogens with two attached hydrogens (primary N) is 1. The summed E-state index contributed by atoms with van der Waals surface area (Å²) in [6.07, 6.45) is 5.71. The molecule has 4 rings (SSSR count). The van der Waals surface area contributed by atoms with Crippen molar-refractivity contribution in [1.29, 1.82) is 0 Å². The lowest BCUT2D eigenvalue weighted by Gasteiger charge is -2.18. The second-order valence-electron chi connectivity index (χ2n) is 5.95. The average molecular weight is 377 g/mol. The standard InChI is InChI=1S/C19H17N5O.CH2O2/c20-18(25)17(13-14-5-2-1-3-6-14)23-12-11-21-19(23)16-8-4-7-15-9-10-22-24(15)16;2-1-3/h1-12,17H,13H2,(H2,20,25);1H,(H,2,3)/t17-;/m0./s1. The number of hydrogen-bond donors (Lipinski definition) is 2. The number of rotatable bonds is 5. The molecule has 0 spiro atoms. The van der Waals surface area contributed by atoms with Gasteiger partial charge in [-0.15, -0.1) is 0 Å². The molecule has 0 saturated carbocycles. The number of hydrogen-bond acceptors (Lipinski definition) is 4. The highest BCUT2D eigenvalue weighted by atomic mass is 16.3. The molecule has 1 aromatic carbocycles. The molecule has 1 amide bonds. The summed E-state index contributed by atoms with van der Waals surface area (Å²) in [5, 5.41) is 11.2. The molecule has 0 fully saturated rings. The van der Waals surface area contributed by atoms with Crippen molar-refractivity contribution in [2.45, 2.75) is 12.5 Å². The highest BCUT2D eigenvalue weighted by Gasteiger charge is 2.22. The summed E-state index contributed by atoms with van der Waals surface area (Å²) >= 11 is 0. The maximum absolute atomic E-state index is 12.2. The molecule has 8 heteroatoms. The van der Waals surface area contributed by atoms with E-state index in [4.69, 9.17) is 15.6 Å². The van der Waals surface area contributed by atoms with Crippen molar-refractivity contribution in [1.82, 2.24) is 19.2 Å². The van der Waals surface area contributed by atoms with Gasteiger partial charge in [0.25, 0.3) is 6.47 Å². The molecule has 3 N–H and O–H groups in total. The Morgan fingerprint density at radius 3 is 2.57 bits per heavy atom. The summed E-state index contributed by atoms with van der Waals surface area (Å²) in [6.45, 7) is -0.250. The van der Waals surface area contributed by atoms with Gasteiger partial charge in [0.2, 0.25) is 5.91 Å². The molecule has 1 atom stereocenters. The molecule has 4 aromatic rings. The molecule has 0 aliphatic heterocycles. The zero-order chi connectivity index (χ0) is 19.9. The number of amides is 1. The fourth-order valence-corrected chi connectivity index (χ4v) is 3.06. The number of primary amides is 1. The molecular formula is C20H19N5O3. The first-order valence-corrected chi connectivity index (χ1v) is 8.52. The Kier molecular flexibility index (Phi) is 5.81. The average Bonchev–Trinajstić information content (AvgIpc) is 3.36. The van der Waals surface area contributed by atoms with Gasteiger partial charge in [0.1, 0.15) is 11.7 Å². The number of imidazole rings is 1. The lowest BCUT2D eigenvalue weighted by molar-refractivity contribution is -0.123. The lowest BCUT2D eigenvalue weighted by Crippen LogP contribution is -2.28. The van der Waals surface area contributed by atoms with Gasteiger partial charge in [-0.05, 0) is 23.8 Å². The van der Waals surface area contributed by atoms with Gasteiger partial charge in [-0.1, -0.05) is 36.4 Å². The van der Waals surface area contributed by atoms with Crippen molar-refractivity contribution >= 4 is 17.9 Å². The zero-order valence-corrected chi connectivity index (χ0v) is 14.9. The maximum Gasteiger partial charge on any atom is 0.290 e. The van der Waals surface area contributed by atoms with Crippen molar-refractivity contribution in [2.24, 2.45) is 5.73 Å². The Bertz CT molecular complexity index is 1070. The van der Waals surface area contributed by atoms with E-state index >= 15 is 0 Å². The molecule has 0 saturated heterocycles. The van der Waals surface area contributed by atoms with Crippen molar-refractivity contribution in [3.63, 3.8) is 0 Å². The smallest absolute Gasteiger partial charge is 0.290 e. The van der Waals surface area contributed by atoms with Gasteiger partial charge < -0.3 is 15.4 Å².